The van der Waals surface area contributed by atoms with Gasteiger partial charge in [0.25, 0.3) is 5.91 Å². The lowest BCUT2D eigenvalue weighted by molar-refractivity contribution is -0.147. The molecule has 0 bridgehead atoms. The van der Waals surface area contributed by atoms with E-state index >= 15 is 0 Å². The largest absolute Gasteiger partial charge is 0.455 e. The van der Waals surface area contributed by atoms with Gasteiger partial charge in [-0.15, -0.1) is 0 Å². The molecule has 1 aromatic rings. The summed E-state index contributed by atoms with van der Waals surface area (Å²) < 4.78 is 4.65. The third-order valence-corrected chi connectivity index (χ3v) is 1.93. The highest BCUT2D eigenvalue weighted by Gasteiger charge is 2.09. The van der Waals surface area contributed by atoms with Gasteiger partial charge in [0.05, 0.1) is 6.42 Å². The first-order chi connectivity index (χ1) is 8.47. The molecule has 5 N–H and O–H groups in total. The van der Waals surface area contributed by atoms with Crippen LogP contribution < -0.4 is 16.8 Å². The summed E-state index contributed by atoms with van der Waals surface area (Å²) in [5.74, 6) is -1.37. The number of primary amides is 1. The number of imide groups is 1. The number of nitrogens with two attached hydrogens (primary N) is 2. The third-order valence-electron chi connectivity index (χ3n) is 1.93. The summed E-state index contributed by atoms with van der Waals surface area (Å²) in [6.45, 7) is -0.551. The smallest absolute Gasteiger partial charge is 0.318 e. The zero-order valence-electron chi connectivity index (χ0n) is 9.51. The number of anilines is 1. The molecule has 3 amide bonds. The average molecular weight is 251 g/mol. The Morgan fingerprint density at radius 1 is 1.28 bits per heavy atom. The molecule has 1 aromatic carbocycles. The predicted molar refractivity (Wildman–Crippen MR) is 63.2 cm³/mol. The second-order valence-corrected chi connectivity index (χ2v) is 3.49. The maximum Gasteiger partial charge on any atom is 0.318 e. The van der Waals surface area contributed by atoms with Crippen molar-refractivity contribution in [3.05, 3.63) is 29.8 Å². The molecule has 7 heteroatoms. The normalized spacial score (nSPS) is 9.56. The molecule has 0 heterocycles. The maximum absolute atomic E-state index is 11.4. The Kier molecular flexibility index (Phi) is 4.67. The van der Waals surface area contributed by atoms with E-state index in [-0.39, 0.29) is 6.42 Å². The van der Waals surface area contributed by atoms with Gasteiger partial charge in [-0.25, -0.2) is 4.79 Å². The summed E-state index contributed by atoms with van der Waals surface area (Å²) in [6, 6.07) is 5.74. The number of amides is 3. The highest BCUT2D eigenvalue weighted by atomic mass is 16.5. The van der Waals surface area contributed by atoms with Crippen molar-refractivity contribution in [2.24, 2.45) is 5.73 Å². The number of rotatable bonds is 4. The fraction of sp³-hybridized carbons (Fsp3) is 0.182. The zero-order valence-corrected chi connectivity index (χ0v) is 9.51. The molecule has 0 aromatic heterocycles. The van der Waals surface area contributed by atoms with Crippen LogP contribution in [-0.4, -0.2) is 24.5 Å². The van der Waals surface area contributed by atoms with Crippen LogP contribution in [0.25, 0.3) is 0 Å². The zero-order chi connectivity index (χ0) is 13.5. The molecule has 0 spiro atoms. The van der Waals surface area contributed by atoms with Gasteiger partial charge in [0.15, 0.2) is 6.61 Å². The topological polar surface area (TPSA) is 125 Å². The van der Waals surface area contributed by atoms with Crippen molar-refractivity contribution in [1.29, 1.82) is 0 Å². The Morgan fingerprint density at radius 2 is 2.00 bits per heavy atom. The Balaban J connectivity index is 2.38. The van der Waals surface area contributed by atoms with Gasteiger partial charge in [-0.3, -0.25) is 14.9 Å². The van der Waals surface area contributed by atoms with Crippen molar-refractivity contribution in [2.45, 2.75) is 6.42 Å². The van der Waals surface area contributed by atoms with Crippen molar-refractivity contribution < 1.29 is 19.1 Å². The molecule has 0 aliphatic rings. The van der Waals surface area contributed by atoms with Gasteiger partial charge >= 0.3 is 12.0 Å². The summed E-state index contributed by atoms with van der Waals surface area (Å²) in [6.07, 6.45) is -0.00507. The van der Waals surface area contributed by atoms with E-state index in [1.807, 2.05) is 0 Å². The molecule has 0 fully saturated rings. The second-order valence-electron chi connectivity index (χ2n) is 3.49. The lowest BCUT2D eigenvalue weighted by atomic mass is 10.1. The maximum atomic E-state index is 11.4. The number of urea groups is 1. The number of nitrogens with one attached hydrogen (secondary N) is 1. The highest BCUT2D eigenvalue weighted by molar-refractivity contribution is 5.94. The summed E-state index contributed by atoms with van der Waals surface area (Å²) in [7, 11) is 0. The molecule has 0 aliphatic heterocycles. The molecule has 0 aliphatic carbocycles. The summed E-state index contributed by atoms with van der Waals surface area (Å²) in [5, 5.41) is 1.77. The van der Waals surface area contributed by atoms with Crippen LogP contribution in [0.4, 0.5) is 10.5 Å². The average Bonchev–Trinajstić information content (AvgIpc) is 2.25. The van der Waals surface area contributed by atoms with Crippen LogP contribution in [0.3, 0.4) is 0 Å². The Labute approximate surface area is 103 Å². The number of carbonyl (C=O) groups is 3. The minimum Gasteiger partial charge on any atom is -0.455 e. The van der Waals surface area contributed by atoms with Gasteiger partial charge in [-0.1, -0.05) is 12.1 Å². The summed E-state index contributed by atoms with van der Waals surface area (Å²) >= 11 is 0. The molecule has 96 valence electrons. The SMILES string of the molecule is NC(=O)NC(=O)COC(=O)Cc1cccc(N)c1. The van der Waals surface area contributed by atoms with E-state index in [1.165, 1.54) is 0 Å². The highest BCUT2D eigenvalue weighted by Crippen LogP contribution is 2.07. The lowest BCUT2D eigenvalue weighted by Crippen LogP contribution is -2.37. The molecule has 0 atom stereocenters. The monoisotopic (exact) mass is 251 g/mol. The number of hydrogen-bond acceptors (Lipinski definition) is 5. The number of ether oxygens (including phenoxy) is 1. The number of nitrogen functional groups attached to an aromatic ring is 1. The van der Waals surface area contributed by atoms with E-state index in [0.29, 0.717) is 11.3 Å². The van der Waals surface area contributed by atoms with Crippen molar-refractivity contribution in [1.82, 2.24) is 5.32 Å². The molecular weight excluding hydrogens is 238 g/mol. The molecule has 18 heavy (non-hydrogen) atoms. The molecule has 0 radical (unpaired) electrons. The second kappa shape index (κ2) is 6.24. The van der Waals surface area contributed by atoms with Crippen LogP contribution in [0.1, 0.15) is 5.56 Å². The van der Waals surface area contributed by atoms with Crippen LogP contribution in [0.5, 0.6) is 0 Å². The first kappa shape index (κ1) is 13.5. The van der Waals surface area contributed by atoms with Crippen molar-refractivity contribution in [2.75, 3.05) is 12.3 Å². The van der Waals surface area contributed by atoms with Crippen LogP contribution in [-0.2, 0) is 20.7 Å². The van der Waals surface area contributed by atoms with E-state index in [1.54, 1.807) is 29.6 Å². The van der Waals surface area contributed by atoms with Gasteiger partial charge < -0.3 is 16.2 Å². The molecule has 0 saturated carbocycles. The summed E-state index contributed by atoms with van der Waals surface area (Å²) in [5.41, 5.74) is 11.5. The van der Waals surface area contributed by atoms with E-state index in [9.17, 15) is 14.4 Å². The number of carbonyl (C=O) groups excluding carboxylic acids is 3. The van der Waals surface area contributed by atoms with Crippen LogP contribution >= 0.6 is 0 Å². The number of hydrogen-bond donors (Lipinski definition) is 3. The predicted octanol–water partition coefficient (Wildman–Crippen LogP) is -0.451. The van der Waals surface area contributed by atoms with Gasteiger partial charge in [0.1, 0.15) is 0 Å². The van der Waals surface area contributed by atoms with Crippen LogP contribution in [0.2, 0.25) is 0 Å². The molecule has 1 rings (SSSR count). The van der Waals surface area contributed by atoms with Crippen molar-refractivity contribution in [3.63, 3.8) is 0 Å². The Hall–Kier alpha value is -2.57. The van der Waals surface area contributed by atoms with Gasteiger partial charge in [-0.2, -0.15) is 0 Å². The Morgan fingerprint density at radius 3 is 2.61 bits per heavy atom. The first-order valence-electron chi connectivity index (χ1n) is 5.06. The number of benzene rings is 1. The molecular formula is C11H13N3O4. The van der Waals surface area contributed by atoms with Crippen LogP contribution in [0.15, 0.2) is 24.3 Å². The third kappa shape index (κ3) is 4.97. The van der Waals surface area contributed by atoms with Crippen molar-refractivity contribution >= 4 is 23.6 Å². The fourth-order valence-corrected chi connectivity index (χ4v) is 1.24. The quantitative estimate of drug-likeness (QED) is 0.493. The Bertz CT molecular complexity index is 473. The van der Waals surface area contributed by atoms with E-state index in [0.717, 1.165) is 0 Å². The standard InChI is InChI=1S/C11H13N3O4/c12-8-3-1-2-7(4-8)5-10(16)18-6-9(15)14-11(13)17/h1-4H,5-6,12H2,(H3,13,14,15,17). The minimum absolute atomic E-state index is 0.00507. The molecule has 0 saturated heterocycles. The summed E-state index contributed by atoms with van der Waals surface area (Å²) in [4.78, 5) is 32.6. The fourth-order valence-electron chi connectivity index (χ4n) is 1.24. The lowest BCUT2D eigenvalue weighted by Gasteiger charge is -2.04. The van der Waals surface area contributed by atoms with E-state index < -0.39 is 24.5 Å². The first-order valence-corrected chi connectivity index (χ1v) is 5.06. The van der Waals surface area contributed by atoms with Gasteiger partial charge in [0.2, 0.25) is 0 Å². The van der Waals surface area contributed by atoms with Crippen molar-refractivity contribution in [3.8, 4) is 0 Å². The van der Waals surface area contributed by atoms with Gasteiger partial charge in [-0.05, 0) is 17.7 Å². The van der Waals surface area contributed by atoms with E-state index in [4.69, 9.17) is 11.5 Å². The molecule has 0 unspecified atom stereocenters. The van der Waals surface area contributed by atoms with Gasteiger partial charge in [0, 0.05) is 5.69 Å². The number of esters is 1. The molecule has 7 nitrogen and oxygen atoms in total. The minimum atomic E-state index is -0.994. The van der Waals surface area contributed by atoms with E-state index in [2.05, 4.69) is 4.74 Å². The van der Waals surface area contributed by atoms with Crippen LogP contribution in [0, 0.1) is 0 Å².